The van der Waals surface area contributed by atoms with Gasteiger partial charge in [0.2, 0.25) is 0 Å². The van der Waals surface area contributed by atoms with Gasteiger partial charge in [0, 0.05) is 0 Å². The Morgan fingerprint density at radius 3 is 1.42 bits per heavy atom. The lowest BCUT2D eigenvalue weighted by molar-refractivity contribution is 0.176. The van der Waals surface area contributed by atoms with E-state index in [9.17, 15) is 8.42 Å². The smallest absolute Gasteiger partial charge is 0.248 e. The summed E-state index contributed by atoms with van der Waals surface area (Å²) in [6, 6.07) is 0. The molecule has 0 bridgehead atoms. The second-order valence-electron chi connectivity index (χ2n) is 6.97. The van der Waals surface area contributed by atoms with E-state index in [0.717, 1.165) is 19.3 Å². The number of hydrogen-bond acceptors (Lipinski definition) is 4. The molecule has 0 radical (unpaired) electrons. The van der Waals surface area contributed by atoms with Crippen LogP contribution in [-0.4, -0.2) is 21.1 Å². The minimum absolute atomic E-state index is 0.229. The van der Waals surface area contributed by atoms with Crippen LogP contribution in [0.3, 0.4) is 0 Å². The molecular formula is C19H40O4S. The fraction of sp³-hybridized carbons (Fsp3) is 1.00. The van der Waals surface area contributed by atoms with Gasteiger partial charge in [0.1, 0.15) is 0 Å². The number of unbranched alkanes of at least 4 members (excludes halogenated alkanes) is 13. The van der Waals surface area contributed by atoms with Crippen LogP contribution < -0.4 is 0 Å². The van der Waals surface area contributed by atoms with Crippen LogP contribution in [0.25, 0.3) is 0 Å². The molecule has 0 heterocycles. The lowest BCUT2D eigenvalue weighted by Gasteiger charge is -2.08. The zero-order chi connectivity index (χ0) is 18.1. The lowest BCUT2D eigenvalue weighted by atomic mass is 10.0. The predicted molar refractivity (Wildman–Crippen MR) is 101 cm³/mol. The molecule has 0 aliphatic heterocycles. The standard InChI is InChI=1S/C19H40O4S/c1-4-5-6-7-8-9-10-11-12-13-14-15-16-17-18-22-24(20,21)23-19(2)3/h19H,4-18H2,1-3H3. The van der Waals surface area contributed by atoms with Crippen LogP contribution in [0, 0.1) is 0 Å². The zero-order valence-electron chi connectivity index (χ0n) is 16.2. The van der Waals surface area contributed by atoms with Crippen molar-refractivity contribution >= 4 is 10.4 Å². The lowest BCUT2D eigenvalue weighted by Crippen LogP contribution is -2.15. The van der Waals surface area contributed by atoms with Crippen LogP contribution in [0.1, 0.15) is 111 Å². The highest BCUT2D eigenvalue weighted by atomic mass is 32.3. The second-order valence-corrected chi connectivity index (χ2v) is 8.22. The molecular weight excluding hydrogens is 324 g/mol. The van der Waals surface area contributed by atoms with Crippen LogP contribution in [0.15, 0.2) is 0 Å². The fourth-order valence-corrected chi connectivity index (χ4v) is 3.57. The van der Waals surface area contributed by atoms with E-state index in [1.165, 1.54) is 70.6 Å². The first-order valence-electron chi connectivity index (χ1n) is 10.1. The third-order valence-corrected chi connectivity index (χ3v) is 5.11. The van der Waals surface area contributed by atoms with E-state index in [2.05, 4.69) is 6.92 Å². The summed E-state index contributed by atoms with van der Waals surface area (Å²) in [5, 5.41) is 0. The molecule has 0 amide bonds. The summed E-state index contributed by atoms with van der Waals surface area (Å²) in [6.07, 6.45) is 17.5. The fourth-order valence-electron chi connectivity index (χ4n) is 2.72. The van der Waals surface area contributed by atoms with Crippen LogP contribution in [0.2, 0.25) is 0 Å². The van der Waals surface area contributed by atoms with Gasteiger partial charge in [-0.2, -0.15) is 8.42 Å². The van der Waals surface area contributed by atoms with Crippen LogP contribution in [0.5, 0.6) is 0 Å². The Hall–Kier alpha value is -0.130. The molecule has 0 saturated carbocycles. The quantitative estimate of drug-likeness (QED) is 0.273. The third kappa shape index (κ3) is 18.2. The topological polar surface area (TPSA) is 52.6 Å². The van der Waals surface area contributed by atoms with Crippen molar-refractivity contribution in [3.05, 3.63) is 0 Å². The Morgan fingerprint density at radius 1 is 0.667 bits per heavy atom. The Bertz CT molecular complexity index is 352. The maximum atomic E-state index is 11.3. The molecule has 0 atom stereocenters. The summed E-state index contributed by atoms with van der Waals surface area (Å²) in [5.74, 6) is 0. The largest absolute Gasteiger partial charge is 0.400 e. The monoisotopic (exact) mass is 364 g/mol. The normalized spacial score (nSPS) is 12.2. The summed E-state index contributed by atoms with van der Waals surface area (Å²) < 4.78 is 32.2. The summed E-state index contributed by atoms with van der Waals surface area (Å²) in [5.41, 5.74) is 0. The zero-order valence-corrected chi connectivity index (χ0v) is 17.0. The highest BCUT2D eigenvalue weighted by Gasteiger charge is 2.13. The Morgan fingerprint density at radius 2 is 1.04 bits per heavy atom. The molecule has 0 unspecified atom stereocenters. The summed E-state index contributed by atoms with van der Waals surface area (Å²) in [7, 11) is -3.80. The molecule has 24 heavy (non-hydrogen) atoms. The first-order valence-corrected chi connectivity index (χ1v) is 11.4. The maximum absolute atomic E-state index is 11.3. The average molecular weight is 365 g/mol. The Kier molecular flexibility index (Phi) is 16.3. The molecule has 0 spiro atoms. The maximum Gasteiger partial charge on any atom is 0.400 e. The van der Waals surface area contributed by atoms with E-state index in [-0.39, 0.29) is 12.7 Å². The van der Waals surface area contributed by atoms with Crippen LogP contribution in [0.4, 0.5) is 0 Å². The second kappa shape index (κ2) is 16.3. The van der Waals surface area contributed by atoms with Gasteiger partial charge in [0.25, 0.3) is 0 Å². The molecule has 5 heteroatoms. The van der Waals surface area contributed by atoms with Crippen molar-refractivity contribution in [1.29, 1.82) is 0 Å². The van der Waals surface area contributed by atoms with Gasteiger partial charge >= 0.3 is 10.4 Å². The molecule has 0 fully saturated rings. The van der Waals surface area contributed by atoms with Crippen molar-refractivity contribution in [2.75, 3.05) is 6.61 Å². The molecule has 0 rings (SSSR count). The SMILES string of the molecule is CCCCCCCCCCCCCCCCOS(=O)(=O)OC(C)C. The third-order valence-electron chi connectivity index (χ3n) is 4.04. The van der Waals surface area contributed by atoms with Crippen molar-refractivity contribution in [3.63, 3.8) is 0 Å². The van der Waals surface area contributed by atoms with Crippen molar-refractivity contribution in [1.82, 2.24) is 0 Å². The molecule has 0 aromatic rings. The highest BCUT2D eigenvalue weighted by molar-refractivity contribution is 7.81. The van der Waals surface area contributed by atoms with Crippen molar-refractivity contribution < 1.29 is 16.8 Å². The van der Waals surface area contributed by atoms with Crippen molar-refractivity contribution in [2.24, 2.45) is 0 Å². The molecule has 4 nitrogen and oxygen atoms in total. The average Bonchev–Trinajstić information content (AvgIpc) is 2.49. The van der Waals surface area contributed by atoms with Crippen LogP contribution >= 0.6 is 0 Å². The molecule has 0 aromatic carbocycles. The van der Waals surface area contributed by atoms with E-state index < -0.39 is 10.4 Å². The minimum Gasteiger partial charge on any atom is -0.248 e. The van der Waals surface area contributed by atoms with Gasteiger partial charge in [0.05, 0.1) is 12.7 Å². The highest BCUT2D eigenvalue weighted by Crippen LogP contribution is 2.13. The number of hydrogen-bond donors (Lipinski definition) is 0. The van der Waals surface area contributed by atoms with Gasteiger partial charge in [0.15, 0.2) is 0 Å². The molecule has 0 aliphatic rings. The minimum atomic E-state index is -3.80. The van der Waals surface area contributed by atoms with E-state index in [4.69, 9.17) is 8.37 Å². The van der Waals surface area contributed by atoms with Crippen molar-refractivity contribution in [2.45, 2.75) is 117 Å². The van der Waals surface area contributed by atoms with E-state index in [1.54, 1.807) is 13.8 Å². The predicted octanol–water partition coefficient (Wildman–Crippen LogP) is 6.15. The molecule has 146 valence electrons. The Labute approximate surface area is 151 Å². The summed E-state index contributed by atoms with van der Waals surface area (Å²) in [4.78, 5) is 0. The molecule has 0 N–H and O–H groups in total. The number of rotatable bonds is 18. The first-order chi connectivity index (χ1) is 11.5. The van der Waals surface area contributed by atoms with E-state index in [1.807, 2.05) is 0 Å². The molecule has 0 aromatic heterocycles. The van der Waals surface area contributed by atoms with E-state index >= 15 is 0 Å². The summed E-state index contributed by atoms with van der Waals surface area (Å²) >= 11 is 0. The van der Waals surface area contributed by atoms with Gasteiger partial charge in [-0.1, -0.05) is 90.4 Å². The van der Waals surface area contributed by atoms with Crippen LogP contribution in [-0.2, 0) is 18.8 Å². The molecule has 0 aliphatic carbocycles. The van der Waals surface area contributed by atoms with Gasteiger partial charge in [-0.05, 0) is 20.3 Å². The van der Waals surface area contributed by atoms with Gasteiger partial charge in [-0.25, -0.2) is 8.37 Å². The van der Waals surface area contributed by atoms with Crippen molar-refractivity contribution in [3.8, 4) is 0 Å². The molecule has 0 saturated heterocycles. The van der Waals surface area contributed by atoms with E-state index in [0.29, 0.717) is 0 Å². The first kappa shape index (κ1) is 23.9. The van der Waals surface area contributed by atoms with Gasteiger partial charge in [-0.15, -0.1) is 0 Å². The van der Waals surface area contributed by atoms with Gasteiger partial charge in [-0.3, -0.25) is 0 Å². The summed E-state index contributed by atoms with van der Waals surface area (Å²) in [6.45, 7) is 5.84. The van der Waals surface area contributed by atoms with Gasteiger partial charge < -0.3 is 0 Å². The Balaban J connectivity index is 3.20.